The fourth-order valence-corrected chi connectivity index (χ4v) is 1.05. The normalized spacial score (nSPS) is 12.1. The maximum absolute atomic E-state index is 12.7. The summed E-state index contributed by atoms with van der Waals surface area (Å²) < 4.78 is 12.7. The Bertz CT molecular complexity index is 330. The van der Waals surface area contributed by atoms with Crippen LogP contribution in [0, 0.1) is 5.82 Å². The molecule has 1 rings (SSSR count). The highest BCUT2D eigenvalue weighted by molar-refractivity contribution is 5.64. The summed E-state index contributed by atoms with van der Waals surface area (Å²) in [5.74, 6) is -0.381. The second-order valence-electron chi connectivity index (χ2n) is 2.85. The van der Waals surface area contributed by atoms with Crippen LogP contribution in [0.1, 0.15) is 11.6 Å². The van der Waals surface area contributed by atoms with Crippen LogP contribution < -0.4 is 11.1 Å². The minimum Gasteiger partial charge on any atom is -0.465 e. The van der Waals surface area contributed by atoms with Crippen LogP contribution in [0.4, 0.5) is 9.18 Å². The van der Waals surface area contributed by atoms with E-state index in [9.17, 15) is 9.18 Å². The van der Waals surface area contributed by atoms with Crippen LogP contribution in [-0.2, 0) is 0 Å². The van der Waals surface area contributed by atoms with Crippen molar-refractivity contribution in [2.45, 2.75) is 6.04 Å². The zero-order valence-electron chi connectivity index (χ0n) is 7.40. The van der Waals surface area contributed by atoms with Crippen LogP contribution in [0.3, 0.4) is 0 Å². The van der Waals surface area contributed by atoms with Gasteiger partial charge in [-0.2, -0.15) is 0 Å². The molecule has 14 heavy (non-hydrogen) atoms. The first-order chi connectivity index (χ1) is 6.59. The number of carboxylic acid groups (broad SMARTS) is 1. The van der Waals surface area contributed by atoms with Gasteiger partial charge in [0, 0.05) is 12.6 Å². The molecule has 0 aliphatic rings. The Morgan fingerprint density at radius 3 is 2.93 bits per heavy atom. The molecule has 4 N–H and O–H groups in total. The molecule has 0 heterocycles. The molecule has 0 saturated carbocycles. The van der Waals surface area contributed by atoms with Crippen molar-refractivity contribution in [3.05, 3.63) is 35.6 Å². The van der Waals surface area contributed by atoms with Gasteiger partial charge in [-0.05, 0) is 17.7 Å². The van der Waals surface area contributed by atoms with E-state index in [1.54, 1.807) is 6.07 Å². The maximum atomic E-state index is 12.7. The molecule has 0 fully saturated rings. The predicted octanol–water partition coefficient (Wildman–Crippen LogP) is 1.09. The van der Waals surface area contributed by atoms with Crippen LogP contribution in [-0.4, -0.2) is 17.7 Å². The largest absolute Gasteiger partial charge is 0.465 e. The number of halogens is 1. The molecule has 1 unspecified atom stereocenters. The Hall–Kier alpha value is -1.62. The lowest BCUT2D eigenvalue weighted by Gasteiger charge is -2.11. The van der Waals surface area contributed by atoms with E-state index in [1.807, 2.05) is 0 Å². The fourth-order valence-electron chi connectivity index (χ4n) is 1.05. The van der Waals surface area contributed by atoms with Crippen LogP contribution in [0.25, 0.3) is 0 Å². The zero-order chi connectivity index (χ0) is 10.6. The number of hydrogen-bond acceptors (Lipinski definition) is 2. The van der Waals surface area contributed by atoms with Crippen molar-refractivity contribution in [1.29, 1.82) is 0 Å². The molecule has 1 aromatic rings. The third-order valence-corrected chi connectivity index (χ3v) is 1.75. The molecule has 0 bridgehead atoms. The molecular formula is C9H11FN2O2. The monoisotopic (exact) mass is 198 g/mol. The first-order valence-electron chi connectivity index (χ1n) is 4.07. The second kappa shape index (κ2) is 4.57. The molecule has 0 aliphatic carbocycles. The van der Waals surface area contributed by atoms with Crippen molar-refractivity contribution < 1.29 is 14.3 Å². The Labute approximate surface area is 80.5 Å². The molecule has 0 aliphatic heterocycles. The van der Waals surface area contributed by atoms with Crippen LogP contribution in [0.5, 0.6) is 0 Å². The summed E-state index contributed by atoms with van der Waals surface area (Å²) in [7, 11) is 0. The summed E-state index contributed by atoms with van der Waals surface area (Å²) in [6, 6.07) is 5.25. The first kappa shape index (κ1) is 10.5. The number of benzene rings is 1. The van der Waals surface area contributed by atoms with Gasteiger partial charge in [0.25, 0.3) is 0 Å². The van der Waals surface area contributed by atoms with Gasteiger partial charge >= 0.3 is 6.09 Å². The summed E-state index contributed by atoms with van der Waals surface area (Å²) in [6.07, 6.45) is -1.14. The average molecular weight is 198 g/mol. The van der Waals surface area contributed by atoms with E-state index >= 15 is 0 Å². The quantitative estimate of drug-likeness (QED) is 0.680. The number of amides is 1. The van der Waals surface area contributed by atoms with E-state index in [0.717, 1.165) is 0 Å². The van der Waals surface area contributed by atoms with Gasteiger partial charge in [-0.15, -0.1) is 0 Å². The van der Waals surface area contributed by atoms with Gasteiger partial charge in [0.2, 0.25) is 0 Å². The number of nitrogens with one attached hydrogen (secondary N) is 1. The van der Waals surface area contributed by atoms with Gasteiger partial charge in [-0.25, -0.2) is 9.18 Å². The molecule has 1 atom stereocenters. The highest BCUT2D eigenvalue weighted by Crippen LogP contribution is 2.10. The molecule has 4 nitrogen and oxygen atoms in total. The first-order valence-corrected chi connectivity index (χ1v) is 4.07. The van der Waals surface area contributed by atoms with Gasteiger partial charge in [-0.3, -0.25) is 0 Å². The van der Waals surface area contributed by atoms with Gasteiger partial charge in [0.1, 0.15) is 5.82 Å². The van der Waals surface area contributed by atoms with Crippen LogP contribution in [0.15, 0.2) is 24.3 Å². The standard InChI is InChI=1S/C9H11FN2O2/c10-7-3-1-2-6(4-7)8(11)5-12-9(13)14/h1-4,8,12H,5,11H2,(H,13,14). The van der Waals surface area contributed by atoms with Gasteiger partial charge in [0.15, 0.2) is 0 Å². The van der Waals surface area contributed by atoms with Crippen LogP contribution in [0.2, 0.25) is 0 Å². The molecule has 0 spiro atoms. The highest BCUT2D eigenvalue weighted by Gasteiger charge is 2.07. The lowest BCUT2D eigenvalue weighted by atomic mass is 10.1. The average Bonchev–Trinajstić information content (AvgIpc) is 2.14. The third-order valence-electron chi connectivity index (χ3n) is 1.75. The smallest absolute Gasteiger partial charge is 0.404 e. The second-order valence-corrected chi connectivity index (χ2v) is 2.85. The molecule has 0 aromatic heterocycles. The molecular weight excluding hydrogens is 187 g/mol. The lowest BCUT2D eigenvalue weighted by Crippen LogP contribution is -2.30. The van der Waals surface area contributed by atoms with E-state index in [4.69, 9.17) is 10.8 Å². The van der Waals surface area contributed by atoms with E-state index < -0.39 is 12.1 Å². The Kier molecular flexibility index (Phi) is 3.41. The lowest BCUT2D eigenvalue weighted by molar-refractivity contribution is 0.193. The summed E-state index contributed by atoms with van der Waals surface area (Å²) in [6.45, 7) is 0.0682. The van der Waals surface area contributed by atoms with Crippen molar-refractivity contribution in [1.82, 2.24) is 5.32 Å². The van der Waals surface area contributed by atoms with E-state index in [1.165, 1.54) is 18.2 Å². The van der Waals surface area contributed by atoms with Crippen molar-refractivity contribution in [3.63, 3.8) is 0 Å². The van der Waals surface area contributed by atoms with Crippen molar-refractivity contribution in [3.8, 4) is 0 Å². The summed E-state index contributed by atoms with van der Waals surface area (Å²) in [4.78, 5) is 10.2. The van der Waals surface area contributed by atoms with Crippen LogP contribution >= 0.6 is 0 Å². The molecule has 1 aromatic carbocycles. The number of hydrogen-bond donors (Lipinski definition) is 3. The molecule has 1 amide bonds. The number of rotatable bonds is 3. The third kappa shape index (κ3) is 3.02. The van der Waals surface area contributed by atoms with E-state index in [2.05, 4.69) is 5.32 Å². The minimum atomic E-state index is -1.14. The van der Waals surface area contributed by atoms with Crippen molar-refractivity contribution in [2.75, 3.05) is 6.54 Å². The van der Waals surface area contributed by atoms with E-state index in [0.29, 0.717) is 5.56 Å². The molecule has 0 radical (unpaired) electrons. The molecule has 0 saturated heterocycles. The number of nitrogens with two attached hydrogens (primary N) is 1. The fraction of sp³-hybridized carbons (Fsp3) is 0.222. The maximum Gasteiger partial charge on any atom is 0.404 e. The van der Waals surface area contributed by atoms with Gasteiger partial charge < -0.3 is 16.2 Å². The van der Waals surface area contributed by atoms with Gasteiger partial charge in [0.05, 0.1) is 0 Å². The Morgan fingerprint density at radius 2 is 2.36 bits per heavy atom. The highest BCUT2D eigenvalue weighted by atomic mass is 19.1. The predicted molar refractivity (Wildman–Crippen MR) is 49.4 cm³/mol. The topological polar surface area (TPSA) is 75.3 Å². The summed E-state index contributed by atoms with van der Waals surface area (Å²) in [5.41, 5.74) is 6.19. The molecule has 5 heteroatoms. The van der Waals surface area contributed by atoms with Gasteiger partial charge in [-0.1, -0.05) is 12.1 Å². The number of carbonyl (C=O) groups is 1. The van der Waals surface area contributed by atoms with E-state index in [-0.39, 0.29) is 12.4 Å². The summed E-state index contributed by atoms with van der Waals surface area (Å²) >= 11 is 0. The van der Waals surface area contributed by atoms with Crippen molar-refractivity contribution in [2.24, 2.45) is 5.73 Å². The Balaban J connectivity index is 2.60. The molecule has 76 valence electrons. The summed E-state index contributed by atoms with van der Waals surface area (Å²) in [5, 5.41) is 10.5. The zero-order valence-corrected chi connectivity index (χ0v) is 7.40. The Morgan fingerprint density at radius 1 is 1.64 bits per heavy atom. The SMILES string of the molecule is NC(CNC(=O)O)c1cccc(F)c1. The minimum absolute atomic E-state index is 0.0682. The van der Waals surface area contributed by atoms with Crippen molar-refractivity contribution >= 4 is 6.09 Å².